The standard InChI is InChI=1S/C23H24IN5O9/c24-15-9-12(29(36)37)8-14-19(15)38-6-5-16(20(25)32)26-22(34)17(7-11-1-3-13(31)4-2-11)27-23(35)18(10-30)28-21(14)33/h1-4,8-9,16-18,30-31H,5-7,10H2,(H2,25,32)(H,26,34)(H,27,35)(H,28,33)/t16-,17-,18-/m0/s1. The molecule has 1 heterocycles. The predicted molar refractivity (Wildman–Crippen MR) is 139 cm³/mol. The van der Waals surface area contributed by atoms with Crippen molar-refractivity contribution in [2.75, 3.05) is 13.2 Å². The van der Waals surface area contributed by atoms with E-state index in [4.69, 9.17) is 10.5 Å². The van der Waals surface area contributed by atoms with E-state index in [0.717, 1.165) is 6.07 Å². The fourth-order valence-corrected chi connectivity index (χ4v) is 4.38. The van der Waals surface area contributed by atoms with Gasteiger partial charge in [0.15, 0.2) is 0 Å². The van der Waals surface area contributed by atoms with E-state index in [1.165, 1.54) is 30.3 Å². The number of ether oxygens (including phenoxy) is 1. The van der Waals surface area contributed by atoms with Gasteiger partial charge in [-0.25, -0.2) is 0 Å². The number of rotatable bonds is 5. The van der Waals surface area contributed by atoms with E-state index in [-0.39, 0.29) is 40.1 Å². The number of nitro benzene ring substituents is 1. The Kier molecular flexibility index (Phi) is 9.40. The number of aliphatic hydroxyl groups is 1. The molecule has 3 rings (SSSR count). The van der Waals surface area contributed by atoms with Gasteiger partial charge in [-0.15, -0.1) is 0 Å². The first kappa shape index (κ1) is 28.6. The number of amides is 4. The van der Waals surface area contributed by atoms with Gasteiger partial charge in [0.1, 0.15) is 29.6 Å². The highest BCUT2D eigenvalue weighted by molar-refractivity contribution is 14.1. The third-order valence-electron chi connectivity index (χ3n) is 5.61. The van der Waals surface area contributed by atoms with Gasteiger partial charge >= 0.3 is 0 Å². The van der Waals surface area contributed by atoms with Gasteiger partial charge < -0.3 is 36.6 Å². The minimum Gasteiger partial charge on any atom is -0.508 e. The van der Waals surface area contributed by atoms with Gasteiger partial charge in [0.05, 0.1) is 27.3 Å². The maximum Gasteiger partial charge on any atom is 0.271 e. The Morgan fingerprint density at radius 1 is 1.11 bits per heavy atom. The number of fused-ring (bicyclic) bond motifs is 1. The number of halogens is 1. The summed E-state index contributed by atoms with van der Waals surface area (Å²) >= 11 is 1.74. The summed E-state index contributed by atoms with van der Waals surface area (Å²) in [5, 5.41) is 37.9. The number of carbonyl (C=O) groups excluding carboxylic acids is 4. The van der Waals surface area contributed by atoms with Gasteiger partial charge in [0, 0.05) is 25.0 Å². The first-order valence-electron chi connectivity index (χ1n) is 11.2. The average molecular weight is 641 g/mol. The van der Waals surface area contributed by atoms with Gasteiger partial charge in [-0.05, 0) is 40.3 Å². The van der Waals surface area contributed by atoms with Crippen LogP contribution in [0.1, 0.15) is 22.3 Å². The van der Waals surface area contributed by atoms with E-state index < -0.39 is 59.0 Å². The van der Waals surface area contributed by atoms with Crippen LogP contribution in [0.25, 0.3) is 0 Å². The lowest BCUT2D eigenvalue weighted by molar-refractivity contribution is -0.385. The normalized spacial score (nSPS) is 20.6. The van der Waals surface area contributed by atoms with E-state index in [2.05, 4.69) is 16.0 Å². The average Bonchev–Trinajstić information content (AvgIpc) is 2.86. The number of hydrogen-bond acceptors (Lipinski definition) is 9. The summed E-state index contributed by atoms with van der Waals surface area (Å²) in [5.74, 6) is -3.59. The molecule has 0 unspecified atom stereocenters. The van der Waals surface area contributed by atoms with Crippen LogP contribution in [0.15, 0.2) is 36.4 Å². The number of nitrogens with zero attached hydrogens (tertiary/aromatic N) is 1. The van der Waals surface area contributed by atoms with Crippen molar-refractivity contribution in [2.24, 2.45) is 5.73 Å². The molecular weight excluding hydrogens is 617 g/mol. The summed E-state index contributed by atoms with van der Waals surface area (Å²) in [6, 6.07) is 3.93. The lowest BCUT2D eigenvalue weighted by Gasteiger charge is -2.25. The van der Waals surface area contributed by atoms with Crippen LogP contribution in [-0.2, 0) is 20.8 Å². The van der Waals surface area contributed by atoms with Crippen molar-refractivity contribution in [2.45, 2.75) is 31.0 Å². The molecule has 0 saturated heterocycles. The van der Waals surface area contributed by atoms with Crippen molar-refractivity contribution in [1.29, 1.82) is 0 Å². The molecule has 0 bridgehead atoms. The second-order valence-corrected chi connectivity index (χ2v) is 9.46. The molecule has 7 N–H and O–H groups in total. The largest absolute Gasteiger partial charge is 0.508 e. The fourth-order valence-electron chi connectivity index (χ4n) is 3.62. The summed E-state index contributed by atoms with van der Waals surface area (Å²) < 4.78 is 5.88. The second kappa shape index (κ2) is 12.5. The molecule has 0 radical (unpaired) electrons. The SMILES string of the molecule is NC(=O)[C@@H]1CCOc2c(I)cc([N+](=O)[O-])cc2C(=O)N[C@@H](CO)C(=O)N[C@@H](Cc2ccc(O)cc2)C(=O)N1. The minimum atomic E-state index is -1.54. The van der Waals surface area contributed by atoms with E-state index in [9.17, 15) is 39.5 Å². The Balaban J connectivity index is 2.01. The van der Waals surface area contributed by atoms with Crippen LogP contribution in [-0.4, -0.2) is 70.1 Å². The Labute approximate surface area is 229 Å². The molecule has 0 fully saturated rings. The number of carbonyl (C=O) groups is 4. The van der Waals surface area contributed by atoms with E-state index in [1.54, 1.807) is 22.6 Å². The van der Waals surface area contributed by atoms with Crippen LogP contribution >= 0.6 is 22.6 Å². The van der Waals surface area contributed by atoms with Gasteiger partial charge in [-0.2, -0.15) is 0 Å². The number of nitrogens with one attached hydrogen (secondary N) is 3. The molecule has 0 aromatic heterocycles. The van der Waals surface area contributed by atoms with Crippen LogP contribution in [0.4, 0.5) is 5.69 Å². The van der Waals surface area contributed by atoms with E-state index in [1.807, 2.05) is 0 Å². The third-order valence-corrected chi connectivity index (χ3v) is 6.41. The Hall–Kier alpha value is -3.99. The lowest BCUT2D eigenvalue weighted by Crippen LogP contribution is -2.58. The van der Waals surface area contributed by atoms with Crippen molar-refractivity contribution in [3.63, 3.8) is 0 Å². The highest BCUT2D eigenvalue weighted by Gasteiger charge is 2.31. The Bertz CT molecular complexity index is 1250. The summed E-state index contributed by atoms with van der Waals surface area (Å²) in [7, 11) is 0. The number of non-ortho nitro benzene ring substituents is 1. The summed E-state index contributed by atoms with van der Waals surface area (Å²) in [4.78, 5) is 61.9. The molecule has 0 saturated carbocycles. The monoisotopic (exact) mass is 641 g/mol. The zero-order valence-corrected chi connectivity index (χ0v) is 21.8. The van der Waals surface area contributed by atoms with Crippen LogP contribution in [0.2, 0.25) is 0 Å². The Morgan fingerprint density at radius 2 is 1.76 bits per heavy atom. The number of phenols is 1. The number of benzene rings is 2. The summed E-state index contributed by atoms with van der Waals surface area (Å²) in [5.41, 5.74) is 5.32. The number of aliphatic hydroxyl groups excluding tert-OH is 1. The first-order valence-corrected chi connectivity index (χ1v) is 12.3. The van der Waals surface area contributed by atoms with Gasteiger partial charge in [0.25, 0.3) is 11.6 Å². The summed E-state index contributed by atoms with van der Waals surface area (Å²) in [6.07, 6.45) is -0.187. The number of nitro groups is 1. The highest BCUT2D eigenvalue weighted by atomic mass is 127. The van der Waals surface area contributed by atoms with Crippen molar-refractivity contribution in [3.8, 4) is 11.5 Å². The van der Waals surface area contributed by atoms with Crippen LogP contribution in [0, 0.1) is 13.7 Å². The maximum atomic E-state index is 13.1. The molecule has 0 spiro atoms. The smallest absolute Gasteiger partial charge is 0.271 e. The fraction of sp³-hybridized carbons (Fsp3) is 0.304. The van der Waals surface area contributed by atoms with Gasteiger partial charge in [0.2, 0.25) is 17.7 Å². The van der Waals surface area contributed by atoms with Crippen molar-refractivity contribution < 1.29 is 39.1 Å². The van der Waals surface area contributed by atoms with E-state index in [0.29, 0.717) is 5.56 Å². The number of nitrogens with two attached hydrogens (primary N) is 1. The third kappa shape index (κ3) is 7.06. The van der Waals surface area contributed by atoms with Crippen molar-refractivity contribution in [1.82, 2.24) is 16.0 Å². The molecule has 4 amide bonds. The zero-order chi connectivity index (χ0) is 28.0. The van der Waals surface area contributed by atoms with Crippen LogP contribution < -0.4 is 26.4 Å². The zero-order valence-electron chi connectivity index (χ0n) is 19.7. The molecule has 1 aliphatic rings. The Morgan fingerprint density at radius 3 is 2.37 bits per heavy atom. The quantitative estimate of drug-likeness (QED) is 0.140. The molecule has 2 aromatic rings. The van der Waals surface area contributed by atoms with Crippen LogP contribution in [0.3, 0.4) is 0 Å². The number of primary amides is 1. The van der Waals surface area contributed by atoms with Crippen LogP contribution in [0.5, 0.6) is 11.5 Å². The van der Waals surface area contributed by atoms with Crippen molar-refractivity contribution in [3.05, 3.63) is 61.2 Å². The predicted octanol–water partition coefficient (Wildman–Crippen LogP) is -0.524. The molecule has 0 aliphatic carbocycles. The van der Waals surface area contributed by atoms with Gasteiger partial charge in [-0.3, -0.25) is 29.3 Å². The molecule has 202 valence electrons. The molecule has 14 nitrogen and oxygen atoms in total. The molecule has 2 aromatic carbocycles. The summed E-state index contributed by atoms with van der Waals surface area (Å²) in [6.45, 7) is -1.07. The molecule has 15 heteroatoms. The first-order chi connectivity index (χ1) is 18.0. The molecule has 1 aliphatic heterocycles. The van der Waals surface area contributed by atoms with Gasteiger partial charge in [-0.1, -0.05) is 12.1 Å². The topological polar surface area (TPSA) is 223 Å². The van der Waals surface area contributed by atoms with Crippen molar-refractivity contribution >= 4 is 51.9 Å². The van der Waals surface area contributed by atoms with E-state index >= 15 is 0 Å². The number of phenolic OH excluding ortho intramolecular Hbond substituents is 1. The highest BCUT2D eigenvalue weighted by Crippen LogP contribution is 2.31. The molecule has 38 heavy (non-hydrogen) atoms. The number of hydrogen-bond donors (Lipinski definition) is 6. The lowest BCUT2D eigenvalue weighted by atomic mass is 10.0. The molecular formula is C23H24IN5O9. The minimum absolute atomic E-state index is 0.0136. The second-order valence-electron chi connectivity index (χ2n) is 8.30. The maximum absolute atomic E-state index is 13.1. The molecule has 3 atom stereocenters. The number of aromatic hydroxyl groups is 1.